The van der Waals surface area contributed by atoms with Crippen LogP contribution in [0.15, 0.2) is 41.8 Å². The summed E-state index contributed by atoms with van der Waals surface area (Å²) < 4.78 is 13.0. The molecule has 2 nitrogen and oxygen atoms in total. The van der Waals surface area contributed by atoms with E-state index in [1.54, 1.807) is 35.4 Å². The van der Waals surface area contributed by atoms with Crippen LogP contribution >= 0.6 is 11.3 Å². The van der Waals surface area contributed by atoms with E-state index in [0.29, 0.717) is 12.1 Å². The Morgan fingerprint density at radius 2 is 2.16 bits per heavy atom. The topological polar surface area (TPSA) is 20.3 Å². The zero-order valence-corrected chi connectivity index (χ0v) is 11.6. The number of carbonyl (C=O) groups excluding carboxylic acids is 1. The fourth-order valence-electron chi connectivity index (χ4n) is 1.81. The molecule has 0 aliphatic heterocycles. The maximum atomic E-state index is 13.0. The average Bonchev–Trinajstić information content (AvgIpc) is 2.89. The second-order valence-electron chi connectivity index (χ2n) is 4.45. The molecule has 100 valence electrons. The number of likely N-dealkylation sites (N-methyl/N-ethyl adjacent to an activating group) is 1. The third-order valence-electron chi connectivity index (χ3n) is 2.94. The quantitative estimate of drug-likeness (QED) is 0.822. The van der Waals surface area contributed by atoms with Gasteiger partial charge in [0.2, 0.25) is 5.91 Å². The molecule has 0 fully saturated rings. The Morgan fingerprint density at radius 1 is 1.32 bits per heavy atom. The SMILES string of the molecule is CN(CCc1cccs1)C(=O)Cc1cccc(F)c1. The van der Waals surface area contributed by atoms with Crippen molar-refractivity contribution in [2.45, 2.75) is 12.8 Å². The van der Waals surface area contributed by atoms with Gasteiger partial charge in [-0.15, -0.1) is 11.3 Å². The first-order valence-electron chi connectivity index (χ1n) is 6.16. The van der Waals surface area contributed by atoms with Gasteiger partial charge in [0.15, 0.2) is 0 Å². The Balaban J connectivity index is 1.85. The largest absolute Gasteiger partial charge is 0.345 e. The van der Waals surface area contributed by atoms with Crippen molar-refractivity contribution in [2.75, 3.05) is 13.6 Å². The molecule has 0 atom stereocenters. The number of hydrogen-bond acceptors (Lipinski definition) is 2. The summed E-state index contributed by atoms with van der Waals surface area (Å²) in [5.74, 6) is -0.284. The summed E-state index contributed by atoms with van der Waals surface area (Å²) in [5.41, 5.74) is 0.716. The van der Waals surface area contributed by atoms with Gasteiger partial charge in [0.1, 0.15) is 5.82 Å². The molecule has 0 bridgehead atoms. The number of carbonyl (C=O) groups is 1. The summed E-state index contributed by atoms with van der Waals surface area (Å²) in [6.45, 7) is 0.689. The first-order valence-corrected chi connectivity index (χ1v) is 7.04. The number of rotatable bonds is 5. The van der Waals surface area contributed by atoms with E-state index in [2.05, 4.69) is 6.07 Å². The number of halogens is 1. The van der Waals surface area contributed by atoms with Crippen LogP contribution < -0.4 is 0 Å². The van der Waals surface area contributed by atoms with E-state index in [0.717, 1.165) is 6.42 Å². The third-order valence-corrected chi connectivity index (χ3v) is 3.88. The molecule has 1 aromatic carbocycles. The van der Waals surface area contributed by atoms with Gasteiger partial charge in [-0.05, 0) is 35.6 Å². The van der Waals surface area contributed by atoms with Crippen molar-refractivity contribution in [1.82, 2.24) is 4.90 Å². The number of amides is 1. The molecule has 0 N–H and O–H groups in total. The van der Waals surface area contributed by atoms with Crippen molar-refractivity contribution in [1.29, 1.82) is 0 Å². The van der Waals surface area contributed by atoms with Gasteiger partial charge < -0.3 is 4.90 Å². The number of thiophene rings is 1. The van der Waals surface area contributed by atoms with Crippen molar-refractivity contribution < 1.29 is 9.18 Å². The van der Waals surface area contributed by atoms with Gasteiger partial charge in [-0.2, -0.15) is 0 Å². The van der Waals surface area contributed by atoms with Crippen LogP contribution in [0.2, 0.25) is 0 Å². The molecule has 1 heterocycles. The summed E-state index contributed by atoms with van der Waals surface area (Å²) in [6, 6.07) is 10.3. The highest BCUT2D eigenvalue weighted by Gasteiger charge is 2.10. The van der Waals surface area contributed by atoms with Gasteiger partial charge >= 0.3 is 0 Å². The van der Waals surface area contributed by atoms with Crippen LogP contribution in [0, 0.1) is 5.82 Å². The van der Waals surface area contributed by atoms with E-state index in [4.69, 9.17) is 0 Å². The van der Waals surface area contributed by atoms with Crippen LogP contribution in [0.3, 0.4) is 0 Å². The van der Waals surface area contributed by atoms with Crippen molar-refractivity contribution >= 4 is 17.2 Å². The van der Waals surface area contributed by atoms with Crippen molar-refractivity contribution in [2.24, 2.45) is 0 Å². The summed E-state index contributed by atoms with van der Waals surface area (Å²) in [7, 11) is 1.79. The van der Waals surface area contributed by atoms with Crippen LogP contribution in [0.4, 0.5) is 4.39 Å². The molecule has 4 heteroatoms. The van der Waals surface area contributed by atoms with Crippen LogP contribution in [0.5, 0.6) is 0 Å². The minimum Gasteiger partial charge on any atom is -0.345 e. The highest BCUT2D eigenvalue weighted by Crippen LogP contribution is 2.10. The monoisotopic (exact) mass is 277 g/mol. The maximum Gasteiger partial charge on any atom is 0.226 e. The van der Waals surface area contributed by atoms with Gasteiger partial charge in [-0.3, -0.25) is 4.79 Å². The second kappa shape index (κ2) is 6.48. The first kappa shape index (κ1) is 13.7. The number of benzene rings is 1. The lowest BCUT2D eigenvalue weighted by Crippen LogP contribution is -2.30. The molecule has 0 unspecified atom stereocenters. The third kappa shape index (κ3) is 4.17. The summed E-state index contributed by atoms with van der Waals surface area (Å²) in [6.07, 6.45) is 1.11. The Hall–Kier alpha value is -1.68. The molecule has 1 amide bonds. The fourth-order valence-corrected chi connectivity index (χ4v) is 2.51. The smallest absolute Gasteiger partial charge is 0.226 e. The predicted octanol–water partition coefficient (Wildman–Crippen LogP) is 3.13. The molecular weight excluding hydrogens is 261 g/mol. The van der Waals surface area contributed by atoms with Crippen LogP contribution in [-0.4, -0.2) is 24.4 Å². The van der Waals surface area contributed by atoms with E-state index in [1.165, 1.54) is 17.0 Å². The molecular formula is C15H16FNOS. The summed E-state index contributed by atoms with van der Waals surface area (Å²) in [4.78, 5) is 15.0. The Labute approximate surface area is 116 Å². The Kier molecular flexibility index (Phi) is 4.68. The predicted molar refractivity (Wildman–Crippen MR) is 75.8 cm³/mol. The van der Waals surface area contributed by atoms with Crippen molar-refractivity contribution in [3.8, 4) is 0 Å². The Bertz CT molecular complexity index is 539. The normalized spacial score (nSPS) is 10.4. The van der Waals surface area contributed by atoms with Gasteiger partial charge in [-0.1, -0.05) is 18.2 Å². The second-order valence-corrected chi connectivity index (χ2v) is 5.48. The molecule has 2 aromatic rings. The average molecular weight is 277 g/mol. The van der Waals surface area contributed by atoms with E-state index in [9.17, 15) is 9.18 Å². The fraction of sp³-hybridized carbons (Fsp3) is 0.267. The highest BCUT2D eigenvalue weighted by atomic mass is 32.1. The Morgan fingerprint density at radius 3 is 2.84 bits per heavy atom. The van der Waals surface area contributed by atoms with E-state index >= 15 is 0 Å². The molecule has 1 aromatic heterocycles. The van der Waals surface area contributed by atoms with Crippen LogP contribution in [0.1, 0.15) is 10.4 Å². The van der Waals surface area contributed by atoms with Crippen molar-refractivity contribution in [3.05, 3.63) is 58.0 Å². The molecule has 0 radical (unpaired) electrons. The standard InChI is InChI=1S/C15H16FNOS/c1-17(8-7-14-6-3-9-19-14)15(18)11-12-4-2-5-13(16)10-12/h2-6,9-10H,7-8,11H2,1H3. The highest BCUT2D eigenvalue weighted by molar-refractivity contribution is 7.09. The lowest BCUT2D eigenvalue weighted by atomic mass is 10.1. The molecule has 0 spiro atoms. The molecule has 2 rings (SSSR count). The lowest BCUT2D eigenvalue weighted by molar-refractivity contribution is -0.129. The lowest BCUT2D eigenvalue weighted by Gasteiger charge is -2.16. The summed E-state index contributed by atoms with van der Waals surface area (Å²) in [5, 5.41) is 2.03. The van der Waals surface area contributed by atoms with Gasteiger partial charge in [-0.25, -0.2) is 4.39 Å². The van der Waals surface area contributed by atoms with E-state index in [1.807, 2.05) is 11.4 Å². The molecule has 0 aliphatic rings. The van der Waals surface area contributed by atoms with Crippen LogP contribution in [-0.2, 0) is 17.6 Å². The maximum absolute atomic E-state index is 13.0. The molecule has 0 saturated heterocycles. The van der Waals surface area contributed by atoms with Crippen molar-refractivity contribution in [3.63, 3.8) is 0 Å². The van der Waals surface area contributed by atoms with Gasteiger partial charge in [0, 0.05) is 18.5 Å². The number of hydrogen-bond donors (Lipinski definition) is 0. The van der Waals surface area contributed by atoms with Gasteiger partial charge in [0.05, 0.1) is 6.42 Å². The first-order chi connectivity index (χ1) is 9.15. The zero-order valence-electron chi connectivity index (χ0n) is 10.8. The molecule has 19 heavy (non-hydrogen) atoms. The van der Waals surface area contributed by atoms with E-state index < -0.39 is 0 Å². The van der Waals surface area contributed by atoms with E-state index in [-0.39, 0.29) is 18.1 Å². The molecule has 0 saturated carbocycles. The minimum absolute atomic E-state index is 0.0159. The minimum atomic E-state index is -0.300. The zero-order chi connectivity index (χ0) is 13.7. The van der Waals surface area contributed by atoms with Crippen LogP contribution in [0.25, 0.3) is 0 Å². The summed E-state index contributed by atoms with van der Waals surface area (Å²) >= 11 is 1.70. The molecule has 0 aliphatic carbocycles. The van der Waals surface area contributed by atoms with Gasteiger partial charge in [0.25, 0.3) is 0 Å². The number of nitrogens with zero attached hydrogens (tertiary/aromatic N) is 1.